The maximum absolute atomic E-state index is 10.8. The molecule has 0 saturated carbocycles. The average molecular weight is 300 g/mol. The van der Waals surface area contributed by atoms with Gasteiger partial charge < -0.3 is 5.32 Å². The lowest BCUT2D eigenvalue weighted by atomic mass is 9.88. The van der Waals surface area contributed by atoms with Crippen LogP contribution in [0.15, 0.2) is 60.1 Å². The molecule has 3 nitrogen and oxygen atoms in total. The van der Waals surface area contributed by atoms with Crippen molar-refractivity contribution in [2.45, 2.75) is 52.5 Å². The second kappa shape index (κ2) is 8.52. The highest BCUT2D eigenvalue weighted by Crippen LogP contribution is 2.24. The molecule has 1 unspecified atom stereocenters. The Balaban J connectivity index is 2.51. The fourth-order valence-electron chi connectivity index (χ4n) is 2.22. The maximum atomic E-state index is 10.8. The quantitative estimate of drug-likeness (QED) is 0.637. The first kappa shape index (κ1) is 18.1. The molecule has 1 aromatic carbocycles. The molecule has 1 aromatic rings. The van der Waals surface area contributed by atoms with Crippen LogP contribution in [0.25, 0.3) is 0 Å². The van der Waals surface area contributed by atoms with Gasteiger partial charge in [0.05, 0.1) is 11.7 Å². The van der Waals surface area contributed by atoms with Crippen molar-refractivity contribution in [1.29, 1.82) is 0 Å². The molecule has 0 aliphatic heterocycles. The van der Waals surface area contributed by atoms with Crippen LogP contribution in [0.1, 0.15) is 45.6 Å². The summed E-state index contributed by atoms with van der Waals surface area (Å²) in [5.41, 5.74) is 2.77. The second-order valence-corrected chi connectivity index (χ2v) is 6.97. The van der Waals surface area contributed by atoms with Crippen molar-refractivity contribution in [2.75, 3.05) is 0 Å². The Morgan fingerprint density at radius 2 is 1.86 bits per heavy atom. The number of hydrogen-bond acceptors (Lipinski definition) is 3. The number of nitroso groups, excluding NO2 is 1. The van der Waals surface area contributed by atoms with Crippen molar-refractivity contribution >= 4 is 0 Å². The van der Waals surface area contributed by atoms with Gasteiger partial charge in [0.25, 0.3) is 0 Å². The molecule has 0 spiro atoms. The number of hydrogen-bond donors (Lipinski definition) is 1. The zero-order valence-electron chi connectivity index (χ0n) is 14.1. The van der Waals surface area contributed by atoms with Crippen LogP contribution in [-0.2, 0) is 6.42 Å². The predicted octanol–water partition coefficient (Wildman–Crippen LogP) is 5.20. The van der Waals surface area contributed by atoms with E-state index in [9.17, 15) is 4.91 Å². The summed E-state index contributed by atoms with van der Waals surface area (Å²) in [5.74, 6) is 0. The van der Waals surface area contributed by atoms with E-state index in [0.29, 0.717) is 5.70 Å². The molecule has 0 heterocycles. The third-order valence-corrected chi connectivity index (χ3v) is 3.64. The van der Waals surface area contributed by atoms with E-state index in [4.69, 9.17) is 0 Å². The minimum absolute atomic E-state index is 0.125. The van der Waals surface area contributed by atoms with Crippen molar-refractivity contribution < 1.29 is 0 Å². The molecule has 0 saturated heterocycles. The van der Waals surface area contributed by atoms with Crippen LogP contribution >= 0.6 is 0 Å². The molecule has 1 rings (SSSR count). The summed E-state index contributed by atoms with van der Waals surface area (Å²) >= 11 is 0. The van der Waals surface area contributed by atoms with Crippen molar-refractivity contribution in [3.8, 4) is 0 Å². The number of nitrogens with one attached hydrogen (secondary N) is 1. The maximum Gasteiger partial charge on any atom is 0.0999 e. The van der Waals surface area contributed by atoms with Crippen LogP contribution < -0.4 is 5.32 Å². The third kappa shape index (κ3) is 7.21. The summed E-state index contributed by atoms with van der Waals surface area (Å²) < 4.78 is 0. The normalized spacial score (nSPS) is 12.5. The van der Waals surface area contributed by atoms with Gasteiger partial charge in [-0.15, -0.1) is 4.91 Å². The smallest absolute Gasteiger partial charge is 0.0999 e. The summed E-state index contributed by atoms with van der Waals surface area (Å²) in [7, 11) is 0. The molecule has 0 aliphatic rings. The largest absolute Gasteiger partial charge is 0.380 e. The lowest BCUT2D eigenvalue weighted by molar-refractivity contribution is 0.346. The molecule has 0 aliphatic carbocycles. The first-order chi connectivity index (χ1) is 10.3. The monoisotopic (exact) mass is 300 g/mol. The standard InChI is InChI=1S/C19H28N2O/c1-15(11-12-17-9-7-6-8-10-17)20-18(16(2)21-22)13-14-19(3,4)5/h6-10,18,20H,1-2,11-14H2,3-5H3. The molecule has 0 aromatic heterocycles. The number of rotatable bonds is 9. The van der Waals surface area contributed by atoms with E-state index in [0.717, 1.165) is 31.4 Å². The van der Waals surface area contributed by atoms with E-state index >= 15 is 0 Å². The van der Waals surface area contributed by atoms with Crippen LogP contribution in [0.3, 0.4) is 0 Å². The lowest BCUT2D eigenvalue weighted by Gasteiger charge is -2.24. The molecular formula is C19H28N2O. The number of allylic oxidation sites excluding steroid dienone is 1. The minimum Gasteiger partial charge on any atom is -0.380 e. The lowest BCUT2D eigenvalue weighted by Crippen LogP contribution is -2.30. The zero-order chi connectivity index (χ0) is 16.6. The Hall–Kier alpha value is -1.90. The molecule has 1 N–H and O–H groups in total. The van der Waals surface area contributed by atoms with Crippen LogP contribution in [-0.4, -0.2) is 6.04 Å². The first-order valence-corrected chi connectivity index (χ1v) is 7.82. The molecule has 0 radical (unpaired) electrons. The first-order valence-electron chi connectivity index (χ1n) is 7.82. The van der Waals surface area contributed by atoms with E-state index < -0.39 is 0 Å². The van der Waals surface area contributed by atoms with Crippen molar-refractivity contribution in [2.24, 2.45) is 10.6 Å². The topological polar surface area (TPSA) is 41.5 Å². The molecule has 3 heteroatoms. The van der Waals surface area contributed by atoms with Gasteiger partial charge in [0, 0.05) is 5.70 Å². The minimum atomic E-state index is -0.125. The third-order valence-electron chi connectivity index (χ3n) is 3.64. The fourth-order valence-corrected chi connectivity index (χ4v) is 2.22. The summed E-state index contributed by atoms with van der Waals surface area (Å²) in [6.07, 6.45) is 3.59. The van der Waals surface area contributed by atoms with Crippen LogP contribution in [0.2, 0.25) is 0 Å². The summed E-state index contributed by atoms with van der Waals surface area (Å²) in [5, 5.41) is 6.34. The molecule has 0 bridgehead atoms. The van der Waals surface area contributed by atoms with Gasteiger partial charge in [-0.25, -0.2) is 0 Å². The van der Waals surface area contributed by atoms with E-state index in [1.54, 1.807) is 0 Å². The van der Waals surface area contributed by atoms with Crippen molar-refractivity contribution in [3.63, 3.8) is 0 Å². The van der Waals surface area contributed by atoms with Gasteiger partial charge in [0.1, 0.15) is 0 Å². The zero-order valence-corrected chi connectivity index (χ0v) is 14.1. The van der Waals surface area contributed by atoms with Crippen LogP contribution in [0.4, 0.5) is 0 Å². The van der Waals surface area contributed by atoms with E-state index in [1.807, 2.05) is 18.2 Å². The highest BCUT2D eigenvalue weighted by molar-refractivity contribution is 5.16. The summed E-state index contributed by atoms with van der Waals surface area (Å²) in [6.45, 7) is 14.4. The van der Waals surface area contributed by atoms with Gasteiger partial charge in [-0.1, -0.05) is 64.3 Å². The second-order valence-electron chi connectivity index (χ2n) is 6.97. The summed E-state index contributed by atoms with van der Waals surface area (Å²) in [6, 6.07) is 10.2. The molecule has 120 valence electrons. The molecule has 1 atom stereocenters. The molecular weight excluding hydrogens is 272 g/mol. The Bertz CT molecular complexity index is 500. The van der Waals surface area contributed by atoms with Crippen LogP contribution in [0.5, 0.6) is 0 Å². The van der Waals surface area contributed by atoms with E-state index in [2.05, 4.69) is 56.6 Å². The SMILES string of the molecule is C=C(CCc1ccccc1)NC(CCC(C)(C)C)C(=C)N=O. The Labute approximate surface area is 134 Å². The van der Waals surface area contributed by atoms with Gasteiger partial charge in [-0.3, -0.25) is 0 Å². The Kier molecular flexibility index (Phi) is 7.03. The van der Waals surface area contributed by atoms with Gasteiger partial charge in [0.15, 0.2) is 0 Å². The van der Waals surface area contributed by atoms with E-state index in [-0.39, 0.29) is 11.5 Å². The number of benzene rings is 1. The van der Waals surface area contributed by atoms with Crippen LogP contribution in [0, 0.1) is 10.3 Å². The number of aryl methyl sites for hydroxylation is 1. The molecule has 0 fully saturated rings. The average Bonchev–Trinajstić information content (AvgIpc) is 2.48. The number of nitrogens with zero attached hydrogens (tertiary/aromatic N) is 1. The van der Waals surface area contributed by atoms with Gasteiger partial charge in [-0.05, 0) is 41.8 Å². The highest BCUT2D eigenvalue weighted by Gasteiger charge is 2.18. The fraction of sp³-hybridized carbons (Fsp3) is 0.474. The Morgan fingerprint density at radius 3 is 2.41 bits per heavy atom. The molecule has 0 amide bonds. The Morgan fingerprint density at radius 1 is 1.23 bits per heavy atom. The van der Waals surface area contributed by atoms with E-state index in [1.165, 1.54) is 5.56 Å². The molecule has 22 heavy (non-hydrogen) atoms. The van der Waals surface area contributed by atoms with Gasteiger partial charge >= 0.3 is 0 Å². The summed E-state index contributed by atoms with van der Waals surface area (Å²) in [4.78, 5) is 10.8. The van der Waals surface area contributed by atoms with Gasteiger partial charge in [0.2, 0.25) is 0 Å². The van der Waals surface area contributed by atoms with Crippen molar-refractivity contribution in [1.82, 2.24) is 5.32 Å². The predicted molar refractivity (Wildman–Crippen MR) is 94.5 cm³/mol. The van der Waals surface area contributed by atoms with Crippen molar-refractivity contribution in [3.05, 3.63) is 65.4 Å². The highest BCUT2D eigenvalue weighted by atomic mass is 16.3. The van der Waals surface area contributed by atoms with Gasteiger partial charge in [-0.2, -0.15) is 0 Å².